The van der Waals surface area contributed by atoms with Crippen LogP contribution < -0.4 is 5.32 Å². The van der Waals surface area contributed by atoms with Crippen LogP contribution in [0.3, 0.4) is 0 Å². The Morgan fingerprint density at radius 3 is 2.60 bits per heavy atom. The molecule has 0 spiro atoms. The van der Waals surface area contributed by atoms with Crippen LogP contribution in [0.25, 0.3) is 0 Å². The number of nitrogens with one attached hydrogen (secondary N) is 1. The maximum atomic E-state index is 12.3. The number of piperazine rings is 1. The van der Waals surface area contributed by atoms with E-state index in [0.717, 1.165) is 6.54 Å². The van der Waals surface area contributed by atoms with Gasteiger partial charge >= 0.3 is 12.0 Å². The Morgan fingerprint density at radius 1 is 1.30 bits per heavy atom. The lowest BCUT2D eigenvalue weighted by Crippen LogP contribution is -2.61. The molecule has 0 saturated carbocycles. The number of likely N-dealkylation sites (N-methyl/N-ethyl adjacent to an activating group) is 1. The number of aliphatic carboxylic acids is 1. The van der Waals surface area contributed by atoms with Crippen LogP contribution in [0.4, 0.5) is 4.79 Å². The predicted molar refractivity (Wildman–Crippen MR) is 72.5 cm³/mol. The molecule has 0 bridgehead atoms. The molecule has 2 amide bonds. The molecule has 2 saturated heterocycles. The third-order valence-corrected chi connectivity index (χ3v) is 4.31. The molecule has 0 aromatic heterocycles. The minimum absolute atomic E-state index is 0.0754. The first kappa shape index (κ1) is 15.1. The molecule has 2 unspecified atom stereocenters. The van der Waals surface area contributed by atoms with Crippen molar-refractivity contribution in [2.45, 2.75) is 25.4 Å². The summed E-state index contributed by atoms with van der Waals surface area (Å²) in [5.41, 5.74) is -0.0754. The first-order valence-corrected chi connectivity index (χ1v) is 6.88. The van der Waals surface area contributed by atoms with Crippen molar-refractivity contribution in [3.05, 3.63) is 0 Å². The van der Waals surface area contributed by atoms with Crippen molar-refractivity contribution < 1.29 is 19.4 Å². The van der Waals surface area contributed by atoms with Crippen molar-refractivity contribution in [3.8, 4) is 0 Å². The van der Waals surface area contributed by atoms with Gasteiger partial charge in [-0.05, 0) is 20.9 Å². The largest absolute Gasteiger partial charge is 0.481 e. The van der Waals surface area contributed by atoms with Gasteiger partial charge in [-0.15, -0.1) is 0 Å². The van der Waals surface area contributed by atoms with Gasteiger partial charge in [0.1, 0.15) is 5.92 Å². The topological polar surface area (TPSA) is 82.1 Å². The summed E-state index contributed by atoms with van der Waals surface area (Å²) in [6.45, 7) is 6.69. The molecular weight excluding hydrogens is 262 g/mol. The summed E-state index contributed by atoms with van der Waals surface area (Å²) in [4.78, 5) is 27.3. The zero-order valence-corrected chi connectivity index (χ0v) is 12.3. The molecule has 2 N–H and O–H groups in total. The molecule has 0 aromatic carbocycles. The summed E-state index contributed by atoms with van der Waals surface area (Å²) >= 11 is 0. The third kappa shape index (κ3) is 3.04. The van der Waals surface area contributed by atoms with Crippen molar-refractivity contribution >= 4 is 12.0 Å². The summed E-state index contributed by atoms with van der Waals surface area (Å²) in [6.07, 6.45) is 0. The molecule has 2 heterocycles. The van der Waals surface area contributed by atoms with Crippen LogP contribution in [0, 0.1) is 5.92 Å². The zero-order valence-electron chi connectivity index (χ0n) is 12.3. The van der Waals surface area contributed by atoms with E-state index in [2.05, 4.69) is 24.1 Å². The second-order valence-corrected chi connectivity index (χ2v) is 6.19. The highest BCUT2D eigenvalue weighted by Crippen LogP contribution is 2.20. The highest BCUT2D eigenvalue weighted by molar-refractivity contribution is 5.77. The fourth-order valence-electron chi connectivity index (χ4n) is 2.60. The van der Waals surface area contributed by atoms with Gasteiger partial charge in [-0.3, -0.25) is 9.69 Å². The Balaban J connectivity index is 1.94. The molecular formula is C13H23N3O4. The van der Waals surface area contributed by atoms with E-state index >= 15 is 0 Å². The fraction of sp³-hybridized carbons (Fsp3) is 0.846. The van der Waals surface area contributed by atoms with Gasteiger partial charge in [-0.1, -0.05) is 0 Å². The number of urea groups is 1. The Morgan fingerprint density at radius 2 is 2.00 bits per heavy atom. The molecule has 2 aliphatic rings. The summed E-state index contributed by atoms with van der Waals surface area (Å²) in [5.74, 6) is -1.58. The van der Waals surface area contributed by atoms with E-state index in [-0.39, 0.29) is 24.8 Å². The van der Waals surface area contributed by atoms with E-state index < -0.39 is 17.9 Å². The number of rotatable bonds is 2. The standard InChI is InChI=1S/C13H23N3O4/c1-13(2)8-16(5-4-15(13)3)12(19)14-10-7-20-6-9(10)11(17)18/h9-10H,4-8H2,1-3H3,(H,14,19)(H,17,18). The van der Waals surface area contributed by atoms with Gasteiger partial charge in [0.05, 0.1) is 19.3 Å². The van der Waals surface area contributed by atoms with Crippen molar-refractivity contribution in [1.82, 2.24) is 15.1 Å². The Bertz CT molecular complexity index is 399. The number of hydrogen-bond acceptors (Lipinski definition) is 4. The van der Waals surface area contributed by atoms with Gasteiger partial charge < -0.3 is 20.1 Å². The van der Waals surface area contributed by atoms with E-state index in [1.54, 1.807) is 4.90 Å². The lowest BCUT2D eigenvalue weighted by molar-refractivity contribution is -0.142. The number of nitrogens with zero attached hydrogens (tertiary/aromatic N) is 2. The zero-order chi connectivity index (χ0) is 14.9. The van der Waals surface area contributed by atoms with Gasteiger partial charge in [-0.25, -0.2) is 4.79 Å². The summed E-state index contributed by atoms with van der Waals surface area (Å²) in [6, 6.07) is -0.643. The summed E-state index contributed by atoms with van der Waals surface area (Å²) < 4.78 is 5.15. The quantitative estimate of drug-likeness (QED) is 0.735. The molecule has 0 aromatic rings. The van der Waals surface area contributed by atoms with Gasteiger partial charge in [0.2, 0.25) is 0 Å². The van der Waals surface area contributed by atoms with E-state index in [9.17, 15) is 9.59 Å². The molecule has 2 fully saturated rings. The van der Waals surface area contributed by atoms with Gasteiger partial charge in [0.25, 0.3) is 0 Å². The SMILES string of the molecule is CN1CCN(C(=O)NC2COCC2C(=O)O)CC1(C)C. The highest BCUT2D eigenvalue weighted by Gasteiger charge is 2.38. The van der Waals surface area contributed by atoms with Crippen LogP contribution >= 0.6 is 0 Å². The van der Waals surface area contributed by atoms with Crippen LogP contribution in [0.5, 0.6) is 0 Å². The van der Waals surface area contributed by atoms with Crippen LogP contribution in [0.15, 0.2) is 0 Å². The van der Waals surface area contributed by atoms with Gasteiger partial charge in [0, 0.05) is 25.2 Å². The van der Waals surface area contributed by atoms with Crippen molar-refractivity contribution in [2.75, 3.05) is 39.9 Å². The van der Waals surface area contributed by atoms with Crippen LogP contribution in [0.1, 0.15) is 13.8 Å². The molecule has 2 aliphatic heterocycles. The maximum absolute atomic E-state index is 12.3. The maximum Gasteiger partial charge on any atom is 0.317 e. The van der Waals surface area contributed by atoms with Crippen LogP contribution in [-0.2, 0) is 9.53 Å². The lowest BCUT2D eigenvalue weighted by Gasteiger charge is -2.45. The molecule has 7 nitrogen and oxygen atoms in total. The highest BCUT2D eigenvalue weighted by atomic mass is 16.5. The lowest BCUT2D eigenvalue weighted by atomic mass is 10.00. The predicted octanol–water partition coefficient (Wildman–Crippen LogP) is -0.178. The first-order chi connectivity index (χ1) is 9.31. The smallest absolute Gasteiger partial charge is 0.317 e. The number of carbonyl (C=O) groups excluding carboxylic acids is 1. The van der Waals surface area contributed by atoms with Crippen LogP contribution in [-0.4, -0.2) is 78.4 Å². The van der Waals surface area contributed by atoms with Crippen molar-refractivity contribution in [1.29, 1.82) is 0 Å². The second kappa shape index (κ2) is 5.57. The Labute approximate surface area is 118 Å². The van der Waals surface area contributed by atoms with Crippen molar-refractivity contribution in [2.24, 2.45) is 5.92 Å². The first-order valence-electron chi connectivity index (χ1n) is 6.88. The number of hydrogen-bond donors (Lipinski definition) is 2. The number of carboxylic acids is 1. The molecule has 7 heteroatoms. The molecule has 20 heavy (non-hydrogen) atoms. The van der Waals surface area contributed by atoms with E-state index in [4.69, 9.17) is 9.84 Å². The summed E-state index contributed by atoms with van der Waals surface area (Å²) in [5, 5.41) is 11.9. The third-order valence-electron chi connectivity index (χ3n) is 4.31. The minimum atomic E-state index is -0.925. The second-order valence-electron chi connectivity index (χ2n) is 6.19. The van der Waals surface area contributed by atoms with E-state index in [1.807, 2.05) is 7.05 Å². The molecule has 2 rings (SSSR count). The molecule has 0 aliphatic carbocycles. The monoisotopic (exact) mass is 285 g/mol. The van der Waals surface area contributed by atoms with Crippen molar-refractivity contribution in [3.63, 3.8) is 0 Å². The molecule has 114 valence electrons. The number of amides is 2. The normalized spacial score (nSPS) is 30.2. The van der Waals surface area contributed by atoms with Gasteiger partial charge in [-0.2, -0.15) is 0 Å². The Hall–Kier alpha value is -1.34. The fourth-order valence-corrected chi connectivity index (χ4v) is 2.60. The molecule has 0 radical (unpaired) electrons. The average molecular weight is 285 g/mol. The molecule has 2 atom stereocenters. The summed E-state index contributed by atoms with van der Waals surface area (Å²) in [7, 11) is 2.04. The number of carboxylic acid groups (broad SMARTS) is 1. The van der Waals surface area contributed by atoms with E-state index in [1.165, 1.54) is 0 Å². The minimum Gasteiger partial charge on any atom is -0.481 e. The average Bonchev–Trinajstić information content (AvgIpc) is 2.80. The number of ether oxygens (including phenoxy) is 1. The van der Waals surface area contributed by atoms with E-state index in [0.29, 0.717) is 13.1 Å². The van der Waals surface area contributed by atoms with Gasteiger partial charge in [0.15, 0.2) is 0 Å². The van der Waals surface area contributed by atoms with Crippen LogP contribution in [0.2, 0.25) is 0 Å². The Kier molecular flexibility index (Phi) is 4.19. The number of carbonyl (C=O) groups is 2.